The van der Waals surface area contributed by atoms with Gasteiger partial charge in [0.2, 0.25) is 0 Å². The molecule has 0 unspecified atom stereocenters. The maximum atomic E-state index is 12.8. The van der Waals surface area contributed by atoms with Gasteiger partial charge in [-0.05, 0) is 63.7 Å². The molecule has 0 aliphatic carbocycles. The predicted molar refractivity (Wildman–Crippen MR) is 206 cm³/mol. The van der Waals surface area contributed by atoms with E-state index in [0.29, 0.717) is 18.6 Å². The van der Waals surface area contributed by atoms with Crippen LogP contribution in [0.2, 0.25) is 0 Å². The zero-order chi connectivity index (χ0) is 37.9. The fourth-order valence-corrected chi connectivity index (χ4v) is 7.10. The van der Waals surface area contributed by atoms with Gasteiger partial charge in [-0.25, -0.2) is 14.4 Å². The smallest absolute Gasteiger partial charge is 0.335 e. The van der Waals surface area contributed by atoms with Gasteiger partial charge in [0, 0.05) is 35.6 Å². The molecule has 10 nitrogen and oxygen atoms in total. The number of carboxylic acid groups (broad SMARTS) is 1. The Bertz CT molecular complexity index is 2010. The van der Waals surface area contributed by atoms with Crippen LogP contribution >= 0.6 is 11.8 Å². The second-order valence-corrected chi connectivity index (χ2v) is 14.0. The maximum Gasteiger partial charge on any atom is 0.335 e. The first-order valence-corrected chi connectivity index (χ1v) is 18.6. The molecule has 11 heteroatoms. The summed E-state index contributed by atoms with van der Waals surface area (Å²) in [7, 11) is 1.30. The van der Waals surface area contributed by atoms with Crippen LogP contribution in [0, 0.1) is 0 Å². The maximum absolute atomic E-state index is 12.8. The zero-order valence-electron chi connectivity index (χ0n) is 29.7. The number of hydrogen-bond donors (Lipinski definition) is 4. The Morgan fingerprint density at radius 2 is 1.50 bits per heavy atom. The highest BCUT2D eigenvalue weighted by atomic mass is 32.2. The van der Waals surface area contributed by atoms with E-state index in [0.717, 1.165) is 43.8 Å². The summed E-state index contributed by atoms with van der Waals surface area (Å²) in [6.45, 7) is 0.218. The molecule has 54 heavy (non-hydrogen) atoms. The van der Waals surface area contributed by atoms with Gasteiger partial charge in [-0.15, -0.1) is 11.8 Å². The minimum Gasteiger partial charge on any atom is -0.478 e. The number of aliphatic hydroxyl groups excluding tert-OH is 1. The number of nitrogens with one attached hydrogen (secondary N) is 2. The van der Waals surface area contributed by atoms with Gasteiger partial charge in [-0.3, -0.25) is 0 Å². The largest absolute Gasteiger partial charge is 0.478 e. The fourth-order valence-electron chi connectivity index (χ4n) is 6.18. The van der Waals surface area contributed by atoms with Crippen molar-refractivity contribution in [3.63, 3.8) is 0 Å². The van der Waals surface area contributed by atoms with Crippen LogP contribution in [0.4, 0.5) is 4.79 Å². The van der Waals surface area contributed by atoms with Crippen LogP contribution in [-0.4, -0.2) is 53.2 Å². The number of urea groups is 1. The summed E-state index contributed by atoms with van der Waals surface area (Å²) in [4.78, 5) is 37.4. The van der Waals surface area contributed by atoms with Crippen LogP contribution in [-0.2, 0) is 38.6 Å². The van der Waals surface area contributed by atoms with Crippen LogP contribution in [0.1, 0.15) is 57.0 Å². The average Bonchev–Trinajstić information content (AvgIpc) is 3.22. The van der Waals surface area contributed by atoms with Gasteiger partial charge in [-0.1, -0.05) is 97.1 Å². The van der Waals surface area contributed by atoms with Gasteiger partial charge in [0.1, 0.15) is 6.04 Å². The molecule has 0 bridgehead atoms. The third-order valence-electron chi connectivity index (χ3n) is 9.12. The molecule has 5 aromatic rings. The number of carbonyl (C=O) groups excluding carboxylic acids is 2. The highest BCUT2D eigenvalue weighted by Crippen LogP contribution is 2.40. The number of aromatic carboxylic acids is 1. The van der Waals surface area contributed by atoms with E-state index in [1.807, 2.05) is 115 Å². The van der Waals surface area contributed by atoms with Crippen molar-refractivity contribution in [1.82, 2.24) is 10.6 Å². The normalized spacial score (nSPS) is 17.3. The summed E-state index contributed by atoms with van der Waals surface area (Å²) < 4.78 is 17.9. The monoisotopic (exact) mass is 746 g/mol. The van der Waals surface area contributed by atoms with Crippen LogP contribution in [0.3, 0.4) is 0 Å². The lowest BCUT2D eigenvalue weighted by Gasteiger charge is -2.36. The number of methoxy groups -OCH3 is 1. The highest BCUT2D eigenvalue weighted by Gasteiger charge is 2.32. The molecule has 4 N–H and O–H groups in total. The number of carbonyl (C=O) groups is 3. The lowest BCUT2D eigenvalue weighted by Crippen LogP contribution is -2.47. The third-order valence-corrected chi connectivity index (χ3v) is 10.3. The third kappa shape index (κ3) is 10.4. The number of rotatable bonds is 14. The Balaban J connectivity index is 1.10. The Kier molecular flexibility index (Phi) is 13.1. The van der Waals surface area contributed by atoms with Crippen molar-refractivity contribution < 1.29 is 38.8 Å². The number of hydrogen-bond acceptors (Lipinski definition) is 8. The molecule has 0 saturated carbocycles. The summed E-state index contributed by atoms with van der Waals surface area (Å²) in [5.74, 6) is -0.834. The summed E-state index contributed by atoms with van der Waals surface area (Å²) >= 11 is 1.60. The van der Waals surface area contributed by atoms with Gasteiger partial charge in [0.25, 0.3) is 0 Å². The second kappa shape index (κ2) is 18.5. The first-order chi connectivity index (χ1) is 26.3. The molecule has 1 fully saturated rings. The molecule has 1 heterocycles. The van der Waals surface area contributed by atoms with Crippen LogP contribution < -0.4 is 10.6 Å². The van der Waals surface area contributed by atoms with E-state index in [1.54, 1.807) is 23.9 Å². The average molecular weight is 747 g/mol. The van der Waals surface area contributed by atoms with Crippen molar-refractivity contribution >= 4 is 29.7 Å². The summed E-state index contributed by atoms with van der Waals surface area (Å²) in [6, 6.07) is 38.6. The highest BCUT2D eigenvalue weighted by molar-refractivity contribution is 7.99. The number of ether oxygens (including phenoxy) is 3. The number of amides is 2. The first kappa shape index (κ1) is 38.3. The molecular weight excluding hydrogens is 705 g/mol. The Labute approximate surface area is 318 Å². The fraction of sp³-hybridized carbons (Fsp3) is 0.233. The second-order valence-electron chi connectivity index (χ2n) is 12.9. The molecule has 1 aliphatic heterocycles. The van der Waals surface area contributed by atoms with Crippen molar-refractivity contribution in [2.45, 2.75) is 55.4 Å². The Morgan fingerprint density at radius 1 is 0.796 bits per heavy atom. The van der Waals surface area contributed by atoms with E-state index in [1.165, 1.54) is 7.11 Å². The number of carboxylic acids is 1. The lowest BCUT2D eigenvalue weighted by molar-refractivity contribution is -0.245. The standard InChI is InChI=1S/C43H42N2O8S/c1-51-41(49)38(23-28-6-3-2-4-7-28)45-43(50)44-25-30-8-5-9-35(22-30)31-14-16-34(17-15-31)42-52-36(27-54-37-20-18-33(19-21-37)40(47)48)24-39(53-42)32-12-10-29(26-46)11-13-32/h2-22,36,38-39,42,46H,23-27H2,1H3,(H,47,48)(H2,44,45,50)/t36-,38-,39+,42+/m0/s1. The summed E-state index contributed by atoms with van der Waals surface area (Å²) in [5.41, 5.74) is 6.65. The molecule has 278 valence electrons. The lowest BCUT2D eigenvalue weighted by atomic mass is 9.99. The predicted octanol–water partition coefficient (Wildman–Crippen LogP) is 7.47. The minimum atomic E-state index is -0.959. The molecular formula is C43H42N2O8S. The topological polar surface area (TPSA) is 143 Å². The molecule has 1 aliphatic rings. The molecule has 0 radical (unpaired) electrons. The SMILES string of the molecule is COC(=O)[C@H](Cc1ccccc1)NC(=O)NCc1cccc(-c2ccc([C@@H]3O[C@H](CSc4ccc(C(=O)O)cc4)C[C@H](c4ccc(CO)cc4)O3)cc2)c1. The Hall–Kier alpha value is -5.46. The van der Waals surface area contributed by atoms with E-state index in [4.69, 9.17) is 14.2 Å². The van der Waals surface area contributed by atoms with Crippen molar-refractivity contribution in [3.8, 4) is 11.1 Å². The van der Waals surface area contributed by atoms with E-state index in [9.17, 15) is 24.6 Å². The van der Waals surface area contributed by atoms with Crippen LogP contribution in [0.25, 0.3) is 11.1 Å². The number of benzene rings is 5. The Morgan fingerprint density at radius 3 is 2.19 bits per heavy atom. The van der Waals surface area contributed by atoms with E-state index >= 15 is 0 Å². The molecule has 6 rings (SSSR count). The van der Waals surface area contributed by atoms with Crippen LogP contribution in [0.5, 0.6) is 0 Å². The van der Waals surface area contributed by atoms with Gasteiger partial charge in [0.15, 0.2) is 6.29 Å². The molecule has 1 saturated heterocycles. The molecule has 4 atom stereocenters. The van der Waals surface area contributed by atoms with Crippen molar-refractivity contribution in [3.05, 3.63) is 161 Å². The van der Waals surface area contributed by atoms with Crippen molar-refractivity contribution in [1.29, 1.82) is 0 Å². The molecule has 5 aromatic carbocycles. The number of thioether (sulfide) groups is 1. The quantitative estimate of drug-likeness (QED) is 0.0673. The molecule has 0 spiro atoms. The number of esters is 1. The van der Waals surface area contributed by atoms with E-state index in [2.05, 4.69) is 10.6 Å². The van der Waals surface area contributed by atoms with Crippen LogP contribution in [0.15, 0.2) is 132 Å². The molecule has 0 aromatic heterocycles. The number of aliphatic hydroxyl groups is 1. The van der Waals surface area contributed by atoms with E-state index < -0.39 is 30.3 Å². The van der Waals surface area contributed by atoms with Gasteiger partial charge in [-0.2, -0.15) is 0 Å². The summed E-state index contributed by atoms with van der Waals surface area (Å²) in [6.07, 6.45) is -0.0782. The first-order valence-electron chi connectivity index (χ1n) is 17.6. The minimum absolute atomic E-state index is 0.0365. The summed E-state index contributed by atoms with van der Waals surface area (Å²) in [5, 5.41) is 24.4. The van der Waals surface area contributed by atoms with E-state index in [-0.39, 0.29) is 30.9 Å². The van der Waals surface area contributed by atoms with Gasteiger partial charge in [0.05, 0.1) is 31.5 Å². The van der Waals surface area contributed by atoms with Crippen molar-refractivity contribution in [2.24, 2.45) is 0 Å². The van der Waals surface area contributed by atoms with Crippen molar-refractivity contribution in [2.75, 3.05) is 12.9 Å². The van der Waals surface area contributed by atoms with Gasteiger partial charge >= 0.3 is 18.0 Å². The van der Waals surface area contributed by atoms with Gasteiger partial charge < -0.3 is 35.1 Å². The zero-order valence-corrected chi connectivity index (χ0v) is 30.5. The molecule has 2 amide bonds.